The second kappa shape index (κ2) is 7.91. The number of nitrogens with zero attached hydrogens (tertiary/aromatic N) is 3. The van der Waals surface area contributed by atoms with Crippen LogP contribution in [-0.4, -0.2) is 72.3 Å². The molecule has 150 valence electrons. The Hall–Kier alpha value is -2.41. The number of carbonyl (C=O) groups is 3. The van der Waals surface area contributed by atoms with Gasteiger partial charge in [0, 0.05) is 45.7 Å². The molecule has 7 heteroatoms. The minimum atomic E-state index is -0.230. The molecule has 7 nitrogen and oxygen atoms in total. The zero-order chi connectivity index (χ0) is 19.7. The van der Waals surface area contributed by atoms with Crippen LogP contribution in [-0.2, 0) is 20.9 Å². The average Bonchev–Trinajstić information content (AvgIpc) is 3.35. The molecule has 0 bridgehead atoms. The summed E-state index contributed by atoms with van der Waals surface area (Å²) in [5.41, 5.74) is 1.12. The van der Waals surface area contributed by atoms with E-state index in [4.69, 9.17) is 4.74 Å². The van der Waals surface area contributed by atoms with Crippen molar-refractivity contribution < 1.29 is 19.1 Å². The van der Waals surface area contributed by atoms with Gasteiger partial charge in [-0.25, -0.2) is 0 Å². The van der Waals surface area contributed by atoms with E-state index in [9.17, 15) is 14.4 Å². The molecule has 0 aliphatic carbocycles. The van der Waals surface area contributed by atoms with Gasteiger partial charge in [-0.05, 0) is 30.5 Å². The molecule has 3 aliphatic rings. The second-order valence-corrected chi connectivity index (χ2v) is 7.92. The van der Waals surface area contributed by atoms with Crippen molar-refractivity contribution in [3.05, 3.63) is 29.8 Å². The van der Waals surface area contributed by atoms with Crippen molar-refractivity contribution in [3.8, 4) is 5.75 Å². The number of fused-ring (bicyclic) bond motifs is 1. The van der Waals surface area contributed by atoms with Crippen LogP contribution in [0.2, 0.25) is 0 Å². The largest absolute Gasteiger partial charge is 0.497 e. The fraction of sp³-hybridized carbons (Fsp3) is 0.571. The number of rotatable bonds is 7. The Bertz CT molecular complexity index is 757. The molecule has 0 radical (unpaired) electrons. The van der Waals surface area contributed by atoms with Crippen molar-refractivity contribution in [1.29, 1.82) is 0 Å². The van der Waals surface area contributed by atoms with Crippen molar-refractivity contribution in [3.63, 3.8) is 0 Å². The molecule has 3 amide bonds. The summed E-state index contributed by atoms with van der Waals surface area (Å²) < 4.78 is 5.27. The normalized spacial score (nSPS) is 25.1. The molecule has 28 heavy (non-hydrogen) atoms. The lowest BCUT2D eigenvalue weighted by Crippen LogP contribution is -2.38. The summed E-state index contributed by atoms with van der Waals surface area (Å²) in [7, 11) is 1.64. The van der Waals surface area contributed by atoms with Crippen LogP contribution < -0.4 is 4.74 Å². The standard InChI is InChI=1S/C21H27N3O4/c1-28-16-6-2-5-15(11-16)12-22-13-17-18(14-22)21(27)24(20(17)26)10-4-9-23-8-3-7-19(23)25/h2,5-6,11,17-18H,3-4,7-10,12-14H2,1H3. The molecule has 0 N–H and O–H groups in total. The van der Waals surface area contributed by atoms with Gasteiger partial charge in [-0.3, -0.25) is 24.2 Å². The van der Waals surface area contributed by atoms with E-state index in [1.54, 1.807) is 7.11 Å². The smallest absolute Gasteiger partial charge is 0.234 e. The maximum Gasteiger partial charge on any atom is 0.234 e. The first kappa shape index (κ1) is 18.9. The van der Waals surface area contributed by atoms with E-state index in [0.717, 1.165) is 24.3 Å². The van der Waals surface area contributed by atoms with Gasteiger partial charge in [0.25, 0.3) is 0 Å². The molecule has 1 aromatic carbocycles. The Labute approximate surface area is 165 Å². The molecule has 0 aromatic heterocycles. The fourth-order valence-corrected chi connectivity index (χ4v) is 4.63. The molecule has 3 heterocycles. The maximum absolute atomic E-state index is 12.8. The molecule has 3 fully saturated rings. The summed E-state index contributed by atoms with van der Waals surface area (Å²) >= 11 is 0. The quantitative estimate of drug-likeness (QED) is 0.658. The Kier molecular flexibility index (Phi) is 5.35. The molecular weight excluding hydrogens is 358 g/mol. The molecule has 0 saturated carbocycles. The minimum absolute atomic E-state index is 0.0455. The third kappa shape index (κ3) is 3.63. The van der Waals surface area contributed by atoms with Gasteiger partial charge in [-0.1, -0.05) is 12.1 Å². The van der Waals surface area contributed by atoms with E-state index in [1.165, 1.54) is 4.90 Å². The Morgan fingerprint density at radius 1 is 1.07 bits per heavy atom. The number of ether oxygens (including phenoxy) is 1. The summed E-state index contributed by atoms with van der Waals surface area (Å²) in [6, 6.07) is 7.88. The van der Waals surface area contributed by atoms with Crippen LogP contribution in [0.25, 0.3) is 0 Å². The van der Waals surface area contributed by atoms with Crippen LogP contribution in [0, 0.1) is 11.8 Å². The number of hydrogen-bond donors (Lipinski definition) is 0. The van der Waals surface area contributed by atoms with Crippen LogP contribution in [0.4, 0.5) is 0 Å². The summed E-state index contributed by atoms with van der Waals surface area (Å²) in [6.45, 7) is 3.80. The first-order chi connectivity index (χ1) is 13.6. The van der Waals surface area contributed by atoms with E-state index < -0.39 is 0 Å². The Morgan fingerprint density at radius 2 is 1.82 bits per heavy atom. The van der Waals surface area contributed by atoms with Crippen LogP contribution in [0.5, 0.6) is 5.75 Å². The second-order valence-electron chi connectivity index (χ2n) is 7.92. The first-order valence-corrected chi connectivity index (χ1v) is 10.0. The highest BCUT2D eigenvalue weighted by atomic mass is 16.5. The summed E-state index contributed by atoms with van der Waals surface area (Å²) in [5.74, 6) is 0.445. The van der Waals surface area contributed by atoms with E-state index in [2.05, 4.69) is 4.90 Å². The SMILES string of the molecule is COc1cccc(CN2CC3C(=O)N(CCCN4CCCC4=O)C(=O)C3C2)c1. The monoisotopic (exact) mass is 385 g/mol. The number of hydrogen-bond acceptors (Lipinski definition) is 5. The summed E-state index contributed by atoms with van der Waals surface area (Å²) in [6.07, 6.45) is 2.19. The highest BCUT2D eigenvalue weighted by Crippen LogP contribution is 2.34. The molecule has 3 aliphatic heterocycles. The highest BCUT2D eigenvalue weighted by molar-refractivity contribution is 6.05. The molecular formula is C21H27N3O4. The van der Waals surface area contributed by atoms with E-state index in [-0.39, 0.29) is 29.6 Å². The fourth-order valence-electron chi connectivity index (χ4n) is 4.63. The lowest BCUT2D eigenvalue weighted by atomic mass is 10.00. The first-order valence-electron chi connectivity index (χ1n) is 10.0. The Balaban J connectivity index is 1.30. The molecule has 2 atom stereocenters. The van der Waals surface area contributed by atoms with E-state index in [1.807, 2.05) is 29.2 Å². The van der Waals surface area contributed by atoms with Crippen molar-refractivity contribution in [2.75, 3.05) is 39.8 Å². The molecule has 3 saturated heterocycles. The zero-order valence-corrected chi connectivity index (χ0v) is 16.3. The van der Waals surface area contributed by atoms with E-state index in [0.29, 0.717) is 45.6 Å². The molecule has 2 unspecified atom stereocenters. The number of imide groups is 1. The lowest BCUT2D eigenvalue weighted by molar-refractivity contribution is -0.140. The van der Waals surface area contributed by atoms with Crippen LogP contribution in [0.3, 0.4) is 0 Å². The van der Waals surface area contributed by atoms with Gasteiger partial charge >= 0.3 is 0 Å². The third-order valence-corrected chi connectivity index (χ3v) is 6.08. The van der Waals surface area contributed by atoms with Crippen molar-refractivity contribution >= 4 is 17.7 Å². The molecule has 4 rings (SSSR count). The number of likely N-dealkylation sites (tertiary alicyclic amines) is 3. The highest BCUT2D eigenvalue weighted by Gasteiger charge is 2.51. The van der Waals surface area contributed by atoms with Crippen LogP contribution in [0.15, 0.2) is 24.3 Å². The van der Waals surface area contributed by atoms with Crippen molar-refractivity contribution in [2.45, 2.75) is 25.8 Å². The Morgan fingerprint density at radius 3 is 2.46 bits per heavy atom. The molecule has 0 spiro atoms. The van der Waals surface area contributed by atoms with Crippen molar-refractivity contribution in [1.82, 2.24) is 14.7 Å². The van der Waals surface area contributed by atoms with Gasteiger partial charge in [-0.15, -0.1) is 0 Å². The number of methoxy groups -OCH3 is 1. The van der Waals surface area contributed by atoms with Gasteiger partial charge in [0.15, 0.2) is 0 Å². The summed E-state index contributed by atoms with van der Waals surface area (Å²) in [5, 5.41) is 0. The maximum atomic E-state index is 12.8. The average molecular weight is 385 g/mol. The van der Waals surface area contributed by atoms with Crippen LogP contribution >= 0.6 is 0 Å². The predicted octanol–water partition coefficient (Wildman–Crippen LogP) is 1.12. The lowest BCUT2D eigenvalue weighted by Gasteiger charge is -2.22. The molecule has 1 aromatic rings. The summed E-state index contributed by atoms with van der Waals surface area (Å²) in [4.78, 5) is 42.7. The number of amides is 3. The topological polar surface area (TPSA) is 70.2 Å². The van der Waals surface area contributed by atoms with Crippen molar-refractivity contribution in [2.24, 2.45) is 11.8 Å². The van der Waals surface area contributed by atoms with E-state index >= 15 is 0 Å². The number of benzene rings is 1. The van der Waals surface area contributed by atoms with Gasteiger partial charge in [0.05, 0.1) is 18.9 Å². The van der Waals surface area contributed by atoms with Gasteiger partial charge in [0.2, 0.25) is 17.7 Å². The zero-order valence-electron chi connectivity index (χ0n) is 16.3. The number of carbonyl (C=O) groups excluding carboxylic acids is 3. The van der Waals surface area contributed by atoms with Gasteiger partial charge in [0.1, 0.15) is 5.75 Å². The third-order valence-electron chi connectivity index (χ3n) is 6.08. The van der Waals surface area contributed by atoms with Crippen LogP contribution in [0.1, 0.15) is 24.8 Å². The van der Waals surface area contributed by atoms with Gasteiger partial charge < -0.3 is 9.64 Å². The minimum Gasteiger partial charge on any atom is -0.497 e. The van der Waals surface area contributed by atoms with Gasteiger partial charge in [-0.2, -0.15) is 0 Å². The predicted molar refractivity (Wildman–Crippen MR) is 102 cm³/mol.